The van der Waals surface area contributed by atoms with Gasteiger partial charge in [0, 0.05) is 30.8 Å². The average Bonchev–Trinajstić information content (AvgIpc) is 2.86. The molecular formula is C24H33N3O7S2. The zero-order chi connectivity index (χ0) is 26.7. The van der Waals surface area contributed by atoms with Gasteiger partial charge in [0.15, 0.2) is 0 Å². The van der Waals surface area contributed by atoms with Gasteiger partial charge in [0.2, 0.25) is 26.0 Å². The summed E-state index contributed by atoms with van der Waals surface area (Å²) in [6.07, 6.45) is 0.318. The molecule has 2 N–H and O–H groups in total. The van der Waals surface area contributed by atoms with Crippen molar-refractivity contribution in [3.05, 3.63) is 54.1 Å². The van der Waals surface area contributed by atoms with Crippen molar-refractivity contribution in [2.45, 2.75) is 37.3 Å². The number of rotatable bonds is 8. The Morgan fingerprint density at radius 3 is 2.44 bits per heavy atom. The minimum atomic E-state index is -3.79. The van der Waals surface area contributed by atoms with Gasteiger partial charge in [0.1, 0.15) is 11.9 Å². The van der Waals surface area contributed by atoms with E-state index in [9.17, 15) is 26.7 Å². The van der Waals surface area contributed by atoms with Gasteiger partial charge in [-0.15, -0.1) is 0 Å². The number of aliphatic hydroxyl groups is 1. The highest BCUT2D eigenvalue weighted by atomic mass is 32.2. The molecule has 0 fully saturated rings. The first-order valence-corrected chi connectivity index (χ1v) is 14.8. The van der Waals surface area contributed by atoms with Crippen LogP contribution in [0.5, 0.6) is 5.75 Å². The van der Waals surface area contributed by atoms with E-state index in [4.69, 9.17) is 4.74 Å². The zero-order valence-electron chi connectivity index (χ0n) is 20.8. The van der Waals surface area contributed by atoms with Crippen molar-refractivity contribution < 1.29 is 31.5 Å². The number of hydrogen-bond acceptors (Lipinski definition) is 7. The lowest BCUT2D eigenvalue weighted by molar-refractivity contribution is -0.134. The number of sulfonamides is 2. The lowest BCUT2D eigenvalue weighted by Gasteiger charge is -2.33. The largest absolute Gasteiger partial charge is 0.488 e. The molecule has 2 aromatic rings. The highest BCUT2D eigenvalue weighted by Gasteiger charge is 2.33. The van der Waals surface area contributed by atoms with Crippen molar-refractivity contribution in [2.75, 3.05) is 37.7 Å². The number of fused-ring (bicyclic) bond motifs is 1. The Hall–Kier alpha value is -2.67. The summed E-state index contributed by atoms with van der Waals surface area (Å²) in [4.78, 5) is 14.9. The van der Waals surface area contributed by atoms with Gasteiger partial charge in [0.25, 0.3) is 0 Å². The molecule has 10 nitrogen and oxygen atoms in total. The molecule has 12 heteroatoms. The Morgan fingerprint density at radius 2 is 1.83 bits per heavy atom. The topological polar surface area (TPSA) is 133 Å². The fourth-order valence-corrected chi connectivity index (χ4v) is 5.81. The third kappa shape index (κ3) is 6.75. The average molecular weight is 540 g/mol. The van der Waals surface area contributed by atoms with Crippen molar-refractivity contribution in [3.63, 3.8) is 0 Å². The number of likely N-dealkylation sites (N-methyl/N-ethyl adjacent to an activating group) is 1. The van der Waals surface area contributed by atoms with Crippen LogP contribution in [0.4, 0.5) is 5.69 Å². The summed E-state index contributed by atoms with van der Waals surface area (Å²) >= 11 is 0. The van der Waals surface area contributed by atoms with E-state index in [2.05, 4.69) is 4.72 Å². The van der Waals surface area contributed by atoms with Crippen LogP contribution in [0.3, 0.4) is 0 Å². The van der Waals surface area contributed by atoms with Crippen LogP contribution in [-0.2, 0) is 31.3 Å². The summed E-state index contributed by atoms with van der Waals surface area (Å²) in [6, 6.07) is 12.3. The molecule has 0 saturated carbocycles. The van der Waals surface area contributed by atoms with Gasteiger partial charge in [-0.2, -0.15) is 4.31 Å². The van der Waals surface area contributed by atoms with E-state index in [1.54, 1.807) is 36.1 Å². The van der Waals surface area contributed by atoms with Crippen molar-refractivity contribution >= 4 is 31.6 Å². The lowest BCUT2D eigenvalue weighted by atomic mass is 10.0. The maximum absolute atomic E-state index is 13.2. The van der Waals surface area contributed by atoms with Crippen LogP contribution in [0, 0.1) is 5.92 Å². The quantitative estimate of drug-likeness (QED) is 0.520. The number of ether oxygens (including phenoxy) is 1. The molecule has 3 atom stereocenters. The molecule has 3 rings (SSSR count). The van der Waals surface area contributed by atoms with Gasteiger partial charge in [-0.05, 0) is 37.3 Å². The molecule has 0 saturated heterocycles. The number of amides is 1. The van der Waals surface area contributed by atoms with Gasteiger partial charge in [-0.3, -0.25) is 9.52 Å². The van der Waals surface area contributed by atoms with Crippen LogP contribution in [-0.4, -0.2) is 82.2 Å². The smallest absolute Gasteiger partial charge is 0.242 e. The molecule has 198 valence electrons. The highest BCUT2D eigenvalue weighted by molar-refractivity contribution is 7.92. The molecule has 0 spiro atoms. The first kappa shape index (κ1) is 27.9. The fraction of sp³-hybridized carbons (Fsp3) is 0.458. The SMILES string of the molecule is C[C@@H]1CN([C@H](C)CO)C(=O)Cc2cc(NS(C)(=O)=O)ccc2O[C@H]1CN(C)S(=O)(=O)c1ccccc1. The number of carbonyl (C=O) groups excluding carboxylic acids is 1. The predicted molar refractivity (Wildman–Crippen MR) is 137 cm³/mol. The number of nitrogens with one attached hydrogen (secondary N) is 1. The Labute approximate surface area is 213 Å². The Morgan fingerprint density at radius 1 is 1.17 bits per heavy atom. The van der Waals surface area contributed by atoms with Crippen LogP contribution < -0.4 is 9.46 Å². The van der Waals surface area contributed by atoms with Gasteiger partial charge < -0.3 is 14.7 Å². The van der Waals surface area contributed by atoms with E-state index < -0.39 is 32.2 Å². The van der Waals surface area contributed by atoms with Gasteiger partial charge in [-0.25, -0.2) is 16.8 Å². The zero-order valence-corrected chi connectivity index (χ0v) is 22.4. The van der Waals surface area contributed by atoms with Crippen molar-refractivity contribution in [3.8, 4) is 5.75 Å². The third-order valence-corrected chi connectivity index (χ3v) is 8.55. The molecule has 0 unspecified atom stereocenters. The molecule has 1 amide bonds. The normalized spacial score (nSPS) is 20.1. The van der Waals surface area contributed by atoms with E-state index in [0.29, 0.717) is 11.3 Å². The molecular weight excluding hydrogens is 506 g/mol. The maximum atomic E-state index is 13.2. The van der Waals surface area contributed by atoms with Crippen LogP contribution in [0.2, 0.25) is 0 Å². The number of hydrogen-bond donors (Lipinski definition) is 2. The van der Waals surface area contributed by atoms with Crippen molar-refractivity contribution in [2.24, 2.45) is 5.92 Å². The molecule has 0 aliphatic carbocycles. The molecule has 0 aromatic heterocycles. The first-order valence-electron chi connectivity index (χ1n) is 11.5. The predicted octanol–water partition coefficient (Wildman–Crippen LogP) is 1.53. The lowest BCUT2D eigenvalue weighted by Crippen LogP contribution is -2.48. The van der Waals surface area contributed by atoms with E-state index in [-0.39, 0.29) is 48.5 Å². The molecule has 1 heterocycles. The first-order chi connectivity index (χ1) is 16.8. The number of nitrogens with zero attached hydrogens (tertiary/aromatic N) is 2. The molecule has 1 aliphatic heterocycles. The van der Waals surface area contributed by atoms with E-state index in [1.165, 1.54) is 35.6 Å². The number of carbonyl (C=O) groups is 1. The summed E-state index contributed by atoms with van der Waals surface area (Å²) in [7, 11) is -5.85. The number of benzene rings is 2. The molecule has 36 heavy (non-hydrogen) atoms. The molecule has 0 radical (unpaired) electrons. The van der Waals surface area contributed by atoms with Gasteiger partial charge >= 0.3 is 0 Å². The highest BCUT2D eigenvalue weighted by Crippen LogP contribution is 2.30. The summed E-state index contributed by atoms with van der Waals surface area (Å²) in [5.41, 5.74) is 0.735. The van der Waals surface area contributed by atoms with E-state index >= 15 is 0 Å². The van der Waals surface area contributed by atoms with Crippen LogP contribution in [0.1, 0.15) is 19.4 Å². The summed E-state index contributed by atoms with van der Waals surface area (Å²) < 4.78 is 59.6. The second-order valence-electron chi connectivity index (χ2n) is 9.18. The molecule has 0 bridgehead atoms. The maximum Gasteiger partial charge on any atom is 0.242 e. The van der Waals surface area contributed by atoms with Gasteiger partial charge in [0.05, 0.1) is 36.8 Å². The van der Waals surface area contributed by atoms with Crippen LogP contribution in [0.15, 0.2) is 53.4 Å². The van der Waals surface area contributed by atoms with E-state index in [1.807, 2.05) is 6.92 Å². The third-order valence-electron chi connectivity index (χ3n) is 6.11. The number of aliphatic hydroxyl groups excluding tert-OH is 1. The Kier molecular flexibility index (Phi) is 8.65. The van der Waals surface area contributed by atoms with Gasteiger partial charge in [-0.1, -0.05) is 25.1 Å². The number of anilines is 1. The summed E-state index contributed by atoms with van der Waals surface area (Å²) in [5.74, 6) is -0.185. The van der Waals surface area contributed by atoms with Crippen molar-refractivity contribution in [1.29, 1.82) is 0 Å². The Balaban J connectivity index is 1.99. The molecule has 2 aromatic carbocycles. The van der Waals surface area contributed by atoms with Crippen LogP contribution in [0.25, 0.3) is 0 Å². The van der Waals surface area contributed by atoms with Crippen LogP contribution >= 0.6 is 0 Å². The summed E-state index contributed by atoms with van der Waals surface area (Å²) in [6.45, 7) is 3.61. The minimum Gasteiger partial charge on any atom is -0.488 e. The monoisotopic (exact) mass is 539 g/mol. The summed E-state index contributed by atoms with van der Waals surface area (Å²) in [5, 5.41) is 9.75. The second-order valence-corrected chi connectivity index (χ2v) is 13.0. The van der Waals surface area contributed by atoms with Crippen molar-refractivity contribution in [1.82, 2.24) is 9.21 Å². The second kappa shape index (κ2) is 11.2. The Bertz CT molecular complexity index is 1280. The minimum absolute atomic E-state index is 0.0106. The molecule has 1 aliphatic rings. The standard InChI is InChI=1S/C24H33N3O7S2/c1-17-14-27(18(2)16-28)24(29)13-19-12-20(25-35(4,30)31)10-11-22(19)34-23(17)15-26(3)36(32,33)21-8-6-5-7-9-21/h5-12,17-18,23,25,28H,13-16H2,1-4H3/t17-,18-,23+/m1/s1. The fourth-order valence-electron chi connectivity index (χ4n) is 4.05. The van der Waals surface area contributed by atoms with E-state index in [0.717, 1.165) is 6.26 Å².